The predicted molar refractivity (Wildman–Crippen MR) is 115 cm³/mol. The molecule has 146 valence electrons. The van der Waals surface area contributed by atoms with E-state index in [1.54, 1.807) is 36.4 Å². The van der Waals surface area contributed by atoms with Gasteiger partial charge in [-0.15, -0.1) is 0 Å². The Balaban J connectivity index is 1.91. The van der Waals surface area contributed by atoms with Crippen molar-refractivity contribution in [2.45, 2.75) is 12.8 Å². The summed E-state index contributed by atoms with van der Waals surface area (Å²) in [4.78, 5) is 29.7. The number of primary amides is 1. The van der Waals surface area contributed by atoms with Gasteiger partial charge in [0.2, 0.25) is 5.91 Å². The van der Waals surface area contributed by atoms with Gasteiger partial charge in [0.15, 0.2) is 5.13 Å². The number of halogens is 2. The van der Waals surface area contributed by atoms with Crippen LogP contribution in [0.3, 0.4) is 0 Å². The number of anilines is 3. The van der Waals surface area contributed by atoms with Crippen molar-refractivity contribution in [2.75, 3.05) is 22.5 Å². The first-order valence-corrected chi connectivity index (χ1v) is 9.88. The summed E-state index contributed by atoms with van der Waals surface area (Å²) < 4.78 is 0.802. The molecule has 0 unspecified atom stereocenters. The Kier molecular flexibility index (Phi) is 6.23. The van der Waals surface area contributed by atoms with Crippen LogP contribution in [-0.4, -0.2) is 23.5 Å². The molecule has 1 aromatic heterocycles. The molecule has 5 N–H and O–H groups in total. The molecule has 7 nitrogen and oxygen atoms in total. The standard InChI is InChI=1S/C18H17Cl2N5O2S/c19-10-3-5-11(6-4-10)23-18(27)25(7-1-2-16(21)26)14-9-15-13(8-12(14)20)24-17(22)28-15/h3-6,8-9H,1-2,7H2,(H2,21,26)(H2,22,24)(H,23,27). The summed E-state index contributed by atoms with van der Waals surface area (Å²) >= 11 is 13.6. The second-order valence-electron chi connectivity index (χ2n) is 5.98. The van der Waals surface area contributed by atoms with E-state index in [2.05, 4.69) is 10.3 Å². The number of nitrogen functional groups attached to an aromatic ring is 1. The fourth-order valence-electron chi connectivity index (χ4n) is 2.63. The van der Waals surface area contributed by atoms with Crippen LogP contribution >= 0.6 is 34.5 Å². The number of nitrogens with one attached hydrogen (secondary N) is 1. The number of hydrogen-bond acceptors (Lipinski definition) is 5. The zero-order valence-electron chi connectivity index (χ0n) is 14.6. The van der Waals surface area contributed by atoms with Crippen molar-refractivity contribution in [3.63, 3.8) is 0 Å². The van der Waals surface area contributed by atoms with E-state index in [-0.39, 0.29) is 13.0 Å². The first kappa shape index (κ1) is 20.2. The normalized spacial score (nSPS) is 10.8. The molecule has 0 atom stereocenters. The molecule has 0 radical (unpaired) electrons. The lowest BCUT2D eigenvalue weighted by atomic mass is 10.2. The minimum absolute atomic E-state index is 0.151. The highest BCUT2D eigenvalue weighted by Crippen LogP contribution is 2.35. The maximum atomic E-state index is 12.9. The Morgan fingerprint density at radius 2 is 1.89 bits per heavy atom. The quantitative estimate of drug-likeness (QED) is 0.526. The number of hydrogen-bond donors (Lipinski definition) is 3. The largest absolute Gasteiger partial charge is 0.375 e. The fraction of sp³-hybridized carbons (Fsp3) is 0.167. The second kappa shape index (κ2) is 8.64. The second-order valence-corrected chi connectivity index (χ2v) is 7.89. The molecular weight excluding hydrogens is 421 g/mol. The van der Waals surface area contributed by atoms with Crippen LogP contribution in [0.25, 0.3) is 10.2 Å². The number of rotatable bonds is 6. The van der Waals surface area contributed by atoms with Crippen LogP contribution in [-0.2, 0) is 4.79 Å². The minimum Gasteiger partial charge on any atom is -0.375 e. The van der Waals surface area contributed by atoms with Gasteiger partial charge in [-0.25, -0.2) is 9.78 Å². The Morgan fingerprint density at radius 1 is 1.18 bits per heavy atom. The summed E-state index contributed by atoms with van der Waals surface area (Å²) in [5, 5.41) is 4.13. The summed E-state index contributed by atoms with van der Waals surface area (Å²) in [6.45, 7) is 0.252. The van der Waals surface area contributed by atoms with Gasteiger partial charge in [-0.1, -0.05) is 34.5 Å². The average Bonchev–Trinajstić information content (AvgIpc) is 2.99. The van der Waals surface area contributed by atoms with E-state index in [9.17, 15) is 9.59 Å². The molecule has 3 aromatic rings. The van der Waals surface area contributed by atoms with E-state index in [0.717, 1.165) is 4.70 Å². The van der Waals surface area contributed by atoms with Gasteiger partial charge in [-0.3, -0.25) is 9.69 Å². The van der Waals surface area contributed by atoms with Crippen molar-refractivity contribution >= 4 is 73.2 Å². The van der Waals surface area contributed by atoms with Crippen LogP contribution in [0, 0.1) is 0 Å². The maximum absolute atomic E-state index is 12.9. The van der Waals surface area contributed by atoms with Crippen molar-refractivity contribution in [2.24, 2.45) is 5.73 Å². The SMILES string of the molecule is NC(=O)CCCN(C(=O)Nc1ccc(Cl)cc1)c1cc2sc(N)nc2cc1Cl. The number of nitrogens with zero attached hydrogens (tertiary/aromatic N) is 2. The zero-order chi connectivity index (χ0) is 20.3. The van der Waals surface area contributed by atoms with Gasteiger partial charge in [0.1, 0.15) is 0 Å². The number of nitrogens with two attached hydrogens (primary N) is 2. The summed E-state index contributed by atoms with van der Waals surface area (Å²) in [6.07, 6.45) is 0.542. The molecule has 2 aromatic carbocycles. The Labute approximate surface area is 175 Å². The van der Waals surface area contributed by atoms with Gasteiger partial charge in [0.25, 0.3) is 0 Å². The third-order valence-electron chi connectivity index (χ3n) is 3.91. The Hall–Kier alpha value is -2.55. The monoisotopic (exact) mass is 437 g/mol. The number of thiazole rings is 1. The van der Waals surface area contributed by atoms with Crippen molar-refractivity contribution in [3.05, 3.63) is 46.4 Å². The molecule has 0 bridgehead atoms. The van der Waals surface area contributed by atoms with Crippen molar-refractivity contribution in [1.82, 2.24) is 4.98 Å². The van der Waals surface area contributed by atoms with E-state index in [1.165, 1.54) is 16.2 Å². The fourth-order valence-corrected chi connectivity index (χ4v) is 3.76. The summed E-state index contributed by atoms with van der Waals surface area (Å²) in [5.41, 5.74) is 12.7. The van der Waals surface area contributed by atoms with Gasteiger partial charge >= 0.3 is 6.03 Å². The maximum Gasteiger partial charge on any atom is 0.326 e. The third-order valence-corrected chi connectivity index (χ3v) is 5.31. The van der Waals surface area contributed by atoms with E-state index < -0.39 is 11.9 Å². The van der Waals surface area contributed by atoms with Gasteiger partial charge in [-0.05, 0) is 42.8 Å². The lowest BCUT2D eigenvalue weighted by Gasteiger charge is -2.24. The number of carbonyl (C=O) groups is 2. The van der Waals surface area contributed by atoms with Gasteiger partial charge < -0.3 is 16.8 Å². The Bertz CT molecular complexity index is 1020. The third kappa shape index (κ3) is 4.83. The molecule has 3 amide bonds. The molecule has 1 heterocycles. The number of fused-ring (bicyclic) bond motifs is 1. The summed E-state index contributed by atoms with van der Waals surface area (Å²) in [6, 6.07) is 9.76. The molecule has 0 aliphatic rings. The van der Waals surface area contributed by atoms with E-state index in [0.29, 0.717) is 38.5 Å². The van der Waals surface area contributed by atoms with Crippen LogP contribution in [0.2, 0.25) is 10.0 Å². The molecule has 0 aliphatic carbocycles. The topological polar surface area (TPSA) is 114 Å². The van der Waals surface area contributed by atoms with E-state index in [1.807, 2.05) is 0 Å². The van der Waals surface area contributed by atoms with Gasteiger partial charge in [-0.2, -0.15) is 0 Å². The molecule has 0 fully saturated rings. The molecule has 0 spiro atoms. The number of urea groups is 1. The van der Waals surface area contributed by atoms with E-state index >= 15 is 0 Å². The van der Waals surface area contributed by atoms with Crippen molar-refractivity contribution in [3.8, 4) is 0 Å². The van der Waals surface area contributed by atoms with Crippen molar-refractivity contribution in [1.29, 1.82) is 0 Å². The Morgan fingerprint density at radius 3 is 2.57 bits per heavy atom. The van der Waals surface area contributed by atoms with E-state index in [4.69, 9.17) is 34.7 Å². The highest BCUT2D eigenvalue weighted by molar-refractivity contribution is 7.22. The van der Waals surface area contributed by atoms with Crippen LogP contribution in [0.15, 0.2) is 36.4 Å². The number of benzene rings is 2. The van der Waals surface area contributed by atoms with Gasteiger partial charge in [0.05, 0.1) is 20.9 Å². The first-order chi connectivity index (χ1) is 13.3. The van der Waals surface area contributed by atoms with Crippen LogP contribution in [0.4, 0.5) is 21.3 Å². The number of amides is 3. The summed E-state index contributed by atoms with van der Waals surface area (Å²) in [5.74, 6) is -0.435. The predicted octanol–water partition coefficient (Wildman–Crippen LogP) is 4.49. The van der Waals surface area contributed by atoms with Gasteiger partial charge in [0, 0.05) is 23.7 Å². The number of aromatic nitrogens is 1. The lowest BCUT2D eigenvalue weighted by molar-refractivity contribution is -0.118. The molecule has 3 rings (SSSR count). The molecule has 10 heteroatoms. The van der Waals surface area contributed by atoms with Crippen LogP contribution < -0.4 is 21.7 Å². The van der Waals surface area contributed by atoms with Crippen LogP contribution in [0.5, 0.6) is 0 Å². The molecular formula is C18H17Cl2N5O2S. The molecule has 28 heavy (non-hydrogen) atoms. The zero-order valence-corrected chi connectivity index (χ0v) is 16.9. The summed E-state index contributed by atoms with van der Waals surface area (Å²) in [7, 11) is 0. The molecule has 0 aliphatic heterocycles. The van der Waals surface area contributed by atoms with Crippen molar-refractivity contribution < 1.29 is 9.59 Å². The van der Waals surface area contributed by atoms with Crippen LogP contribution in [0.1, 0.15) is 12.8 Å². The minimum atomic E-state index is -0.435. The number of carbonyl (C=O) groups excluding carboxylic acids is 2. The smallest absolute Gasteiger partial charge is 0.326 e. The highest BCUT2D eigenvalue weighted by atomic mass is 35.5. The highest BCUT2D eigenvalue weighted by Gasteiger charge is 2.20. The molecule has 0 saturated carbocycles. The first-order valence-electron chi connectivity index (χ1n) is 8.31. The lowest BCUT2D eigenvalue weighted by Crippen LogP contribution is -2.36. The molecule has 0 saturated heterocycles. The average molecular weight is 438 g/mol.